The average Bonchev–Trinajstić information content (AvgIpc) is 3.13. The second-order valence-electron chi connectivity index (χ2n) is 5.16. The summed E-state index contributed by atoms with van der Waals surface area (Å²) < 4.78 is 7.30. The van der Waals surface area contributed by atoms with Crippen LogP contribution in [0.15, 0.2) is 12.3 Å². The highest BCUT2D eigenvalue weighted by Gasteiger charge is 2.28. The van der Waals surface area contributed by atoms with Gasteiger partial charge in [-0.1, -0.05) is 0 Å². The van der Waals surface area contributed by atoms with Crippen molar-refractivity contribution in [3.05, 3.63) is 18.0 Å². The molecule has 0 radical (unpaired) electrons. The minimum atomic E-state index is -0.00880. The number of rotatable bonds is 3. The number of nitrogens with two attached hydrogens (primary N) is 1. The van der Waals surface area contributed by atoms with Crippen molar-refractivity contribution in [1.82, 2.24) is 9.88 Å². The van der Waals surface area contributed by atoms with Gasteiger partial charge in [0.25, 0.3) is 5.91 Å². The fraction of sp³-hybridized carbons (Fsp3) is 0.615. The van der Waals surface area contributed by atoms with Gasteiger partial charge in [-0.15, -0.1) is 0 Å². The van der Waals surface area contributed by atoms with Gasteiger partial charge in [-0.2, -0.15) is 0 Å². The van der Waals surface area contributed by atoms with E-state index < -0.39 is 0 Å². The molecule has 98 valence electrons. The fourth-order valence-electron chi connectivity index (χ4n) is 2.44. The third kappa shape index (κ3) is 2.36. The van der Waals surface area contributed by atoms with Gasteiger partial charge in [0.1, 0.15) is 5.69 Å². The number of hydrogen-bond donors (Lipinski definition) is 2. The van der Waals surface area contributed by atoms with Crippen molar-refractivity contribution < 1.29 is 9.53 Å². The maximum absolute atomic E-state index is 12.3. The molecule has 1 saturated carbocycles. The van der Waals surface area contributed by atoms with Crippen LogP contribution in [-0.2, 0) is 4.74 Å². The lowest BCUT2D eigenvalue weighted by molar-refractivity contribution is 0.0692. The van der Waals surface area contributed by atoms with Crippen LogP contribution in [0.4, 0.5) is 5.69 Å². The summed E-state index contributed by atoms with van der Waals surface area (Å²) in [5.74, 6) is -0.00880. The summed E-state index contributed by atoms with van der Waals surface area (Å²) in [4.78, 5) is 12.3. The molecule has 0 unspecified atom stereocenters. The molecule has 0 bridgehead atoms. The molecule has 5 heteroatoms. The number of nitrogens with one attached hydrogen (secondary N) is 1. The van der Waals surface area contributed by atoms with Crippen molar-refractivity contribution in [3.63, 3.8) is 0 Å². The molecule has 2 fully saturated rings. The third-order valence-corrected chi connectivity index (χ3v) is 3.60. The first-order chi connectivity index (χ1) is 8.74. The average molecular weight is 249 g/mol. The molecule has 2 heterocycles. The molecule has 1 aromatic heterocycles. The van der Waals surface area contributed by atoms with Crippen molar-refractivity contribution in [2.75, 3.05) is 18.9 Å². The second-order valence-corrected chi connectivity index (χ2v) is 5.16. The number of ether oxygens (including phenoxy) is 1. The van der Waals surface area contributed by atoms with Gasteiger partial charge in [-0.3, -0.25) is 4.79 Å². The van der Waals surface area contributed by atoms with Crippen LogP contribution < -0.4 is 11.1 Å². The van der Waals surface area contributed by atoms with E-state index in [9.17, 15) is 4.79 Å². The zero-order valence-corrected chi connectivity index (χ0v) is 10.4. The summed E-state index contributed by atoms with van der Waals surface area (Å²) in [7, 11) is 0. The molecule has 2 aliphatic rings. The molecule has 0 aromatic carbocycles. The molecule has 1 aliphatic heterocycles. The Bertz CT molecular complexity index is 445. The van der Waals surface area contributed by atoms with E-state index in [1.807, 2.05) is 10.8 Å². The van der Waals surface area contributed by atoms with Crippen molar-refractivity contribution in [2.45, 2.75) is 37.8 Å². The number of hydrogen-bond acceptors (Lipinski definition) is 3. The Balaban J connectivity index is 1.71. The van der Waals surface area contributed by atoms with E-state index in [4.69, 9.17) is 10.5 Å². The Hall–Kier alpha value is -1.49. The van der Waals surface area contributed by atoms with E-state index in [2.05, 4.69) is 5.32 Å². The molecular weight excluding hydrogens is 230 g/mol. The number of nitrogens with zero attached hydrogens (tertiary/aromatic N) is 1. The van der Waals surface area contributed by atoms with E-state index in [1.165, 1.54) is 0 Å². The summed E-state index contributed by atoms with van der Waals surface area (Å²) >= 11 is 0. The first-order valence-corrected chi connectivity index (χ1v) is 6.60. The number of aromatic nitrogens is 1. The molecule has 0 spiro atoms. The number of carbonyl (C=O) groups excluding carboxylic acids is 1. The van der Waals surface area contributed by atoms with E-state index in [0.717, 1.165) is 38.9 Å². The number of amides is 1. The Morgan fingerprint density at radius 2 is 2.06 bits per heavy atom. The molecule has 1 aromatic rings. The smallest absolute Gasteiger partial charge is 0.268 e. The van der Waals surface area contributed by atoms with Crippen LogP contribution in [0.5, 0.6) is 0 Å². The first-order valence-electron chi connectivity index (χ1n) is 6.60. The van der Waals surface area contributed by atoms with E-state index in [0.29, 0.717) is 17.4 Å². The molecular formula is C13H19N3O2. The third-order valence-electron chi connectivity index (χ3n) is 3.60. The topological polar surface area (TPSA) is 69.3 Å². The Kier molecular flexibility index (Phi) is 2.99. The Morgan fingerprint density at radius 3 is 2.72 bits per heavy atom. The predicted molar refractivity (Wildman–Crippen MR) is 68.4 cm³/mol. The van der Waals surface area contributed by atoms with Crippen LogP contribution in [0.3, 0.4) is 0 Å². The Labute approximate surface area is 106 Å². The van der Waals surface area contributed by atoms with Gasteiger partial charge >= 0.3 is 0 Å². The molecule has 1 aliphatic carbocycles. The second kappa shape index (κ2) is 4.65. The van der Waals surface area contributed by atoms with E-state index >= 15 is 0 Å². The van der Waals surface area contributed by atoms with Crippen LogP contribution >= 0.6 is 0 Å². The minimum Gasteiger partial charge on any atom is -0.397 e. The number of anilines is 1. The van der Waals surface area contributed by atoms with Crippen molar-refractivity contribution in [2.24, 2.45) is 0 Å². The summed E-state index contributed by atoms with van der Waals surface area (Å²) in [6.45, 7) is 1.47. The van der Waals surface area contributed by atoms with Crippen LogP contribution in [0.1, 0.15) is 42.2 Å². The first kappa shape index (κ1) is 11.6. The van der Waals surface area contributed by atoms with Crippen LogP contribution in [0.25, 0.3) is 0 Å². The fourth-order valence-corrected chi connectivity index (χ4v) is 2.44. The molecule has 3 rings (SSSR count). The van der Waals surface area contributed by atoms with Gasteiger partial charge in [0.15, 0.2) is 0 Å². The van der Waals surface area contributed by atoms with E-state index in [-0.39, 0.29) is 11.9 Å². The predicted octanol–water partition coefficient (Wildman–Crippen LogP) is 1.31. The lowest BCUT2D eigenvalue weighted by Gasteiger charge is -2.23. The largest absolute Gasteiger partial charge is 0.397 e. The maximum atomic E-state index is 12.3. The summed E-state index contributed by atoms with van der Waals surface area (Å²) in [6.07, 6.45) is 5.95. The highest BCUT2D eigenvalue weighted by atomic mass is 16.5. The molecule has 5 nitrogen and oxygen atoms in total. The zero-order chi connectivity index (χ0) is 12.5. The molecule has 3 N–H and O–H groups in total. The normalized spacial score (nSPS) is 20.9. The molecule has 1 saturated heterocycles. The van der Waals surface area contributed by atoms with Crippen molar-refractivity contribution in [3.8, 4) is 0 Å². The highest BCUT2D eigenvalue weighted by molar-refractivity contribution is 5.94. The van der Waals surface area contributed by atoms with Crippen molar-refractivity contribution in [1.29, 1.82) is 0 Å². The van der Waals surface area contributed by atoms with Crippen LogP contribution in [0.2, 0.25) is 0 Å². The van der Waals surface area contributed by atoms with Crippen LogP contribution in [0, 0.1) is 0 Å². The monoisotopic (exact) mass is 249 g/mol. The Morgan fingerprint density at radius 1 is 1.33 bits per heavy atom. The summed E-state index contributed by atoms with van der Waals surface area (Å²) in [5.41, 5.74) is 7.16. The van der Waals surface area contributed by atoms with Crippen LogP contribution in [-0.4, -0.2) is 29.7 Å². The molecule has 18 heavy (non-hydrogen) atoms. The molecule has 1 amide bonds. The number of carbonyl (C=O) groups is 1. The van der Waals surface area contributed by atoms with Gasteiger partial charge in [-0.25, -0.2) is 0 Å². The van der Waals surface area contributed by atoms with Crippen molar-refractivity contribution >= 4 is 11.6 Å². The van der Waals surface area contributed by atoms with E-state index in [1.54, 1.807) is 6.07 Å². The zero-order valence-electron chi connectivity index (χ0n) is 10.4. The summed E-state index contributed by atoms with van der Waals surface area (Å²) in [5, 5.41) is 3.08. The van der Waals surface area contributed by atoms with Gasteiger partial charge in [0.2, 0.25) is 0 Å². The SMILES string of the molecule is Nc1cc(C(=O)NC2CCOCC2)n(C2CC2)c1. The van der Waals surface area contributed by atoms with Gasteiger partial charge < -0.3 is 20.4 Å². The lowest BCUT2D eigenvalue weighted by Crippen LogP contribution is -2.39. The minimum absolute atomic E-state index is 0.00880. The number of nitrogen functional groups attached to an aromatic ring is 1. The molecule has 0 atom stereocenters. The lowest BCUT2D eigenvalue weighted by atomic mass is 10.1. The quantitative estimate of drug-likeness (QED) is 0.848. The standard InChI is InChI=1S/C13H19N3O2/c14-9-7-12(16(8-9)11-1-2-11)13(17)15-10-3-5-18-6-4-10/h7-8,10-11H,1-6,14H2,(H,15,17). The summed E-state index contributed by atoms with van der Waals surface area (Å²) in [6, 6.07) is 2.47. The van der Waals surface area contributed by atoms with Gasteiger partial charge in [0, 0.05) is 31.5 Å². The van der Waals surface area contributed by atoms with Gasteiger partial charge in [-0.05, 0) is 31.7 Å². The highest BCUT2D eigenvalue weighted by Crippen LogP contribution is 2.37. The van der Waals surface area contributed by atoms with Gasteiger partial charge in [0.05, 0.1) is 5.69 Å². The maximum Gasteiger partial charge on any atom is 0.268 e.